The maximum Gasteiger partial charge on any atom is 0.248 e. The third-order valence-corrected chi connectivity index (χ3v) is 7.39. The number of nitrogens with zero attached hydrogens (tertiary/aromatic N) is 4. The molecular weight excluding hydrogens is 472 g/mol. The van der Waals surface area contributed by atoms with Crippen molar-refractivity contribution in [2.45, 2.75) is 26.3 Å². The van der Waals surface area contributed by atoms with E-state index in [2.05, 4.69) is 27.8 Å². The lowest BCUT2D eigenvalue weighted by atomic mass is 10.0. The van der Waals surface area contributed by atoms with Gasteiger partial charge in [-0.2, -0.15) is 0 Å². The number of nitrogens with two attached hydrogens (primary N) is 1. The van der Waals surface area contributed by atoms with Gasteiger partial charge in [-0.15, -0.1) is 11.3 Å². The summed E-state index contributed by atoms with van der Waals surface area (Å²) < 4.78 is 0. The van der Waals surface area contributed by atoms with Gasteiger partial charge in [-0.25, -0.2) is 9.97 Å². The molecule has 0 spiro atoms. The molecule has 0 unspecified atom stereocenters. The Morgan fingerprint density at radius 1 is 1.17 bits per heavy atom. The van der Waals surface area contributed by atoms with E-state index in [1.807, 2.05) is 48.4 Å². The summed E-state index contributed by atoms with van der Waals surface area (Å²) in [6.45, 7) is 9.82. The van der Waals surface area contributed by atoms with E-state index in [0.29, 0.717) is 17.3 Å². The molecule has 1 aromatic carbocycles. The van der Waals surface area contributed by atoms with Crippen LogP contribution in [-0.2, 0) is 16.1 Å². The van der Waals surface area contributed by atoms with Gasteiger partial charge >= 0.3 is 0 Å². The lowest BCUT2D eigenvalue weighted by Crippen LogP contribution is -2.48. The fourth-order valence-corrected chi connectivity index (χ4v) is 5.07. The predicted molar refractivity (Wildman–Crippen MR) is 143 cm³/mol. The SMILES string of the molecule is C=C(C(N)=O)c1cccc(-c2cc(CN3CCN(C(=O)C4CC4)CC3)cc(Nc3ncc(C)s3)n2)c1. The number of rotatable bonds is 8. The molecule has 2 aromatic heterocycles. The van der Waals surface area contributed by atoms with Gasteiger partial charge in [0.15, 0.2) is 5.13 Å². The summed E-state index contributed by atoms with van der Waals surface area (Å²) >= 11 is 1.57. The van der Waals surface area contributed by atoms with E-state index in [0.717, 1.165) is 72.4 Å². The summed E-state index contributed by atoms with van der Waals surface area (Å²) in [4.78, 5) is 38.8. The molecule has 1 saturated heterocycles. The Morgan fingerprint density at radius 3 is 2.61 bits per heavy atom. The largest absolute Gasteiger partial charge is 0.366 e. The summed E-state index contributed by atoms with van der Waals surface area (Å²) in [5, 5.41) is 4.13. The number of hydrogen-bond donors (Lipinski definition) is 2. The van der Waals surface area contributed by atoms with Crippen LogP contribution in [0.15, 0.2) is 49.2 Å². The Morgan fingerprint density at radius 2 is 1.94 bits per heavy atom. The number of amides is 2. The van der Waals surface area contributed by atoms with E-state index >= 15 is 0 Å². The summed E-state index contributed by atoms with van der Waals surface area (Å²) in [7, 11) is 0. The van der Waals surface area contributed by atoms with Crippen molar-refractivity contribution in [3.05, 3.63) is 65.2 Å². The highest BCUT2D eigenvalue weighted by atomic mass is 32.1. The van der Waals surface area contributed by atoms with Crippen LogP contribution in [0.4, 0.5) is 10.9 Å². The Labute approximate surface area is 214 Å². The monoisotopic (exact) mass is 502 g/mol. The van der Waals surface area contributed by atoms with E-state index < -0.39 is 5.91 Å². The van der Waals surface area contributed by atoms with E-state index in [1.165, 1.54) is 0 Å². The molecule has 5 rings (SSSR count). The number of hydrogen-bond acceptors (Lipinski definition) is 7. The second kappa shape index (κ2) is 10.2. The summed E-state index contributed by atoms with van der Waals surface area (Å²) in [5.41, 5.74) is 9.15. The number of piperazine rings is 1. The van der Waals surface area contributed by atoms with Gasteiger partial charge < -0.3 is 16.0 Å². The molecule has 2 aliphatic rings. The van der Waals surface area contributed by atoms with Crippen LogP contribution in [0, 0.1) is 12.8 Å². The Bertz CT molecular complexity index is 1310. The summed E-state index contributed by atoms with van der Waals surface area (Å²) in [6, 6.07) is 11.7. The molecule has 0 atom stereocenters. The van der Waals surface area contributed by atoms with E-state index in [9.17, 15) is 9.59 Å². The lowest BCUT2D eigenvalue weighted by Gasteiger charge is -2.35. The molecule has 2 fully saturated rings. The first-order valence-electron chi connectivity index (χ1n) is 12.2. The lowest BCUT2D eigenvalue weighted by molar-refractivity contribution is -0.134. The van der Waals surface area contributed by atoms with E-state index in [1.54, 1.807) is 11.3 Å². The zero-order valence-corrected chi connectivity index (χ0v) is 21.2. The van der Waals surface area contributed by atoms with Crippen LogP contribution in [0.1, 0.15) is 28.8 Å². The molecule has 0 bridgehead atoms. The highest BCUT2D eigenvalue weighted by Gasteiger charge is 2.34. The van der Waals surface area contributed by atoms with Crippen molar-refractivity contribution in [1.29, 1.82) is 0 Å². The van der Waals surface area contributed by atoms with Crippen LogP contribution in [0.5, 0.6) is 0 Å². The van der Waals surface area contributed by atoms with Crippen molar-refractivity contribution in [2.75, 3.05) is 31.5 Å². The average molecular weight is 503 g/mol. The highest BCUT2D eigenvalue weighted by molar-refractivity contribution is 7.15. The first-order chi connectivity index (χ1) is 17.4. The van der Waals surface area contributed by atoms with Gasteiger partial charge in [-0.1, -0.05) is 24.8 Å². The molecule has 1 aliphatic heterocycles. The molecule has 3 heterocycles. The fourth-order valence-electron chi connectivity index (χ4n) is 4.39. The maximum absolute atomic E-state index is 12.4. The molecule has 3 aromatic rings. The van der Waals surface area contributed by atoms with Crippen LogP contribution in [0.2, 0.25) is 0 Å². The molecular formula is C27H30N6O2S. The van der Waals surface area contributed by atoms with Crippen molar-refractivity contribution >= 4 is 39.7 Å². The van der Waals surface area contributed by atoms with Gasteiger partial charge in [0, 0.05) is 60.9 Å². The molecule has 8 nitrogen and oxygen atoms in total. The van der Waals surface area contributed by atoms with Crippen LogP contribution in [0.25, 0.3) is 16.8 Å². The van der Waals surface area contributed by atoms with E-state index in [-0.39, 0.29) is 11.5 Å². The number of carbonyl (C=O) groups is 2. The van der Waals surface area contributed by atoms with Crippen molar-refractivity contribution in [2.24, 2.45) is 11.7 Å². The minimum absolute atomic E-state index is 0.267. The predicted octanol–water partition coefficient (Wildman–Crippen LogP) is 3.81. The number of carbonyl (C=O) groups excluding carboxylic acids is 2. The number of aromatic nitrogens is 2. The molecule has 36 heavy (non-hydrogen) atoms. The van der Waals surface area contributed by atoms with Crippen LogP contribution in [-0.4, -0.2) is 57.8 Å². The third kappa shape index (κ3) is 5.63. The van der Waals surface area contributed by atoms with E-state index in [4.69, 9.17) is 10.7 Å². The van der Waals surface area contributed by atoms with Crippen LogP contribution < -0.4 is 11.1 Å². The minimum atomic E-state index is -0.547. The summed E-state index contributed by atoms with van der Waals surface area (Å²) in [6.07, 6.45) is 3.92. The zero-order chi connectivity index (χ0) is 25.2. The van der Waals surface area contributed by atoms with Crippen molar-refractivity contribution in [1.82, 2.24) is 19.8 Å². The second-order valence-electron chi connectivity index (χ2n) is 9.45. The molecule has 186 valence electrons. The second-order valence-corrected chi connectivity index (χ2v) is 10.7. The molecule has 2 amide bonds. The van der Waals surface area contributed by atoms with Crippen LogP contribution in [0.3, 0.4) is 0 Å². The maximum atomic E-state index is 12.4. The van der Waals surface area contributed by atoms with Crippen molar-refractivity contribution < 1.29 is 9.59 Å². The minimum Gasteiger partial charge on any atom is -0.366 e. The number of anilines is 2. The number of thiazole rings is 1. The van der Waals surface area contributed by atoms with Gasteiger partial charge in [-0.3, -0.25) is 14.5 Å². The Kier molecular flexibility index (Phi) is 6.84. The van der Waals surface area contributed by atoms with Gasteiger partial charge in [-0.05, 0) is 49.1 Å². The molecule has 0 radical (unpaired) electrons. The van der Waals surface area contributed by atoms with Gasteiger partial charge in [0.2, 0.25) is 11.8 Å². The number of primary amides is 1. The molecule has 9 heteroatoms. The van der Waals surface area contributed by atoms with Gasteiger partial charge in [0.05, 0.1) is 5.69 Å². The zero-order valence-electron chi connectivity index (χ0n) is 20.4. The fraction of sp³-hybridized carbons (Fsp3) is 0.333. The Hall–Kier alpha value is -3.56. The molecule has 3 N–H and O–H groups in total. The number of aryl methyl sites for hydroxylation is 1. The van der Waals surface area contributed by atoms with Crippen molar-refractivity contribution in [3.8, 4) is 11.3 Å². The normalized spacial score (nSPS) is 16.1. The van der Waals surface area contributed by atoms with Gasteiger partial charge in [0.25, 0.3) is 0 Å². The van der Waals surface area contributed by atoms with Crippen molar-refractivity contribution in [3.63, 3.8) is 0 Å². The number of pyridine rings is 1. The Balaban J connectivity index is 1.39. The number of benzene rings is 1. The van der Waals surface area contributed by atoms with Crippen LogP contribution >= 0.6 is 11.3 Å². The first-order valence-corrected chi connectivity index (χ1v) is 13.0. The average Bonchev–Trinajstić information content (AvgIpc) is 3.65. The third-order valence-electron chi connectivity index (χ3n) is 6.56. The molecule has 1 aliphatic carbocycles. The first kappa shape index (κ1) is 24.1. The standard InChI is InChI=1S/C27H30N6O2S/c1-17-15-29-27(36-17)31-24-13-19(16-32-8-10-33(11-9-32)26(35)20-6-7-20)12-23(30-24)22-5-3-4-21(14-22)18(2)25(28)34/h3-5,12-15,20H,2,6-11,16H2,1H3,(H2,28,34)(H,29,30,31). The number of nitrogens with one attached hydrogen (secondary N) is 1. The smallest absolute Gasteiger partial charge is 0.248 e. The highest BCUT2D eigenvalue weighted by Crippen LogP contribution is 2.32. The summed E-state index contributed by atoms with van der Waals surface area (Å²) in [5.74, 6) is 0.751. The topological polar surface area (TPSA) is 104 Å². The quantitative estimate of drug-likeness (QED) is 0.454. The van der Waals surface area contributed by atoms with Gasteiger partial charge in [0.1, 0.15) is 5.82 Å². The molecule has 1 saturated carbocycles.